The molecule has 2 aliphatic rings. The molecule has 3 rings (SSSR count). The average Bonchev–Trinajstić information content (AvgIpc) is 2.67. The summed E-state index contributed by atoms with van der Waals surface area (Å²) in [6.07, 6.45) is 3.55. The number of aromatic hydroxyl groups is 2. The molecule has 1 aromatic rings. The molecule has 0 fully saturated rings. The number of phenolic OH excluding ortho intramolecular Hbond substituents is 2. The lowest BCUT2D eigenvalue weighted by Crippen LogP contribution is -2.42. The third-order valence-electron chi connectivity index (χ3n) is 5.21. The molecule has 0 amide bonds. The van der Waals surface area contributed by atoms with E-state index in [2.05, 4.69) is 27.0 Å². The molecule has 0 saturated carbocycles. The van der Waals surface area contributed by atoms with E-state index in [4.69, 9.17) is 0 Å². The van der Waals surface area contributed by atoms with Gasteiger partial charge in [0.05, 0.1) is 11.1 Å². The molecule has 0 heterocycles. The average molecular weight is 398 g/mol. The lowest BCUT2D eigenvalue weighted by Gasteiger charge is -2.33. The van der Waals surface area contributed by atoms with Gasteiger partial charge in [-0.3, -0.25) is 14.4 Å². The molecule has 0 radical (unpaired) electrons. The molecule has 0 aliphatic heterocycles. The predicted molar refractivity (Wildman–Crippen MR) is 109 cm³/mol. The molecule has 1 atom stereocenters. The fraction of sp³-hybridized carbons (Fsp3) is 0.348. The van der Waals surface area contributed by atoms with Gasteiger partial charge in [0, 0.05) is 28.7 Å². The Morgan fingerprint density at radius 3 is 1.79 bits per heavy atom. The second-order valence-corrected chi connectivity index (χ2v) is 7.27. The summed E-state index contributed by atoms with van der Waals surface area (Å²) in [6, 6.07) is 0. The number of hydrogen-bond acceptors (Lipinski definition) is 6. The summed E-state index contributed by atoms with van der Waals surface area (Å²) in [7, 11) is 0. The lowest BCUT2D eigenvalue weighted by molar-refractivity contribution is -0.136. The van der Waals surface area contributed by atoms with E-state index in [0.717, 1.165) is 0 Å². The van der Waals surface area contributed by atoms with Gasteiger partial charge in [0.2, 0.25) is 0 Å². The van der Waals surface area contributed by atoms with Crippen LogP contribution in [0.25, 0.3) is 0 Å². The maximum atomic E-state index is 12.8. The molecule has 6 heteroatoms. The van der Waals surface area contributed by atoms with Crippen LogP contribution < -0.4 is 0 Å². The Bertz CT molecular complexity index is 966. The normalized spacial score (nSPS) is 20.3. The van der Waals surface area contributed by atoms with E-state index >= 15 is 0 Å². The lowest BCUT2D eigenvalue weighted by atomic mass is 9.73. The van der Waals surface area contributed by atoms with Gasteiger partial charge in [-0.25, -0.2) is 0 Å². The van der Waals surface area contributed by atoms with Crippen molar-refractivity contribution in [3.05, 3.63) is 58.7 Å². The standard InChI is InChI=1S/C20H18O6.C3H8/c1-4-10-11(5-2)17(23)15-14(16(10)22)18(24)12-6-7-20(26,9(3)21)8-13(12)19(15)25;1-3-2/h4-5,24-26H,1-2,6-8H2,3H3;3H2,1-2H3. The van der Waals surface area contributed by atoms with Crippen LogP contribution in [0.1, 0.15) is 65.5 Å². The molecule has 1 unspecified atom stereocenters. The first kappa shape index (κ1) is 22.3. The van der Waals surface area contributed by atoms with Crippen LogP contribution in [0.15, 0.2) is 36.5 Å². The molecule has 3 N–H and O–H groups in total. The highest BCUT2D eigenvalue weighted by Crippen LogP contribution is 2.47. The van der Waals surface area contributed by atoms with E-state index in [9.17, 15) is 29.7 Å². The van der Waals surface area contributed by atoms with Gasteiger partial charge in [0.25, 0.3) is 0 Å². The van der Waals surface area contributed by atoms with Crippen molar-refractivity contribution >= 4 is 17.3 Å². The monoisotopic (exact) mass is 398 g/mol. The SMILES string of the molecule is C=CC1=C(C=C)C(=O)c2c(O)c3c(c(O)c2C1=O)CCC(O)(C(C)=O)C3.CCC. The number of phenols is 2. The number of fused-ring (bicyclic) bond motifs is 2. The zero-order valence-corrected chi connectivity index (χ0v) is 17.0. The number of aliphatic hydroxyl groups is 1. The molecule has 0 spiro atoms. The maximum Gasteiger partial charge on any atom is 0.198 e. The molecule has 2 aliphatic carbocycles. The highest BCUT2D eigenvalue weighted by Gasteiger charge is 2.43. The minimum absolute atomic E-state index is 0.00296. The fourth-order valence-corrected chi connectivity index (χ4v) is 3.66. The van der Waals surface area contributed by atoms with Crippen molar-refractivity contribution in [2.24, 2.45) is 0 Å². The number of carbonyl (C=O) groups is 3. The summed E-state index contributed by atoms with van der Waals surface area (Å²) in [5.41, 5.74) is -1.95. The van der Waals surface area contributed by atoms with Crippen LogP contribution >= 0.6 is 0 Å². The second-order valence-electron chi connectivity index (χ2n) is 7.27. The first-order valence-corrected chi connectivity index (χ1v) is 9.51. The Morgan fingerprint density at radius 1 is 1.00 bits per heavy atom. The quantitative estimate of drug-likeness (QED) is 0.673. The highest BCUT2D eigenvalue weighted by molar-refractivity contribution is 6.31. The largest absolute Gasteiger partial charge is 0.507 e. The number of benzene rings is 1. The van der Waals surface area contributed by atoms with Gasteiger partial charge in [-0.1, -0.05) is 45.6 Å². The van der Waals surface area contributed by atoms with Crippen LogP contribution in [-0.2, 0) is 17.6 Å². The Morgan fingerprint density at radius 2 is 1.41 bits per heavy atom. The summed E-state index contributed by atoms with van der Waals surface area (Å²) < 4.78 is 0. The van der Waals surface area contributed by atoms with Crippen molar-refractivity contribution in [3.63, 3.8) is 0 Å². The van der Waals surface area contributed by atoms with Gasteiger partial charge in [0.15, 0.2) is 17.3 Å². The summed E-state index contributed by atoms with van der Waals surface area (Å²) >= 11 is 0. The smallest absolute Gasteiger partial charge is 0.198 e. The van der Waals surface area contributed by atoms with Crippen LogP contribution in [0, 0.1) is 0 Å². The first-order valence-electron chi connectivity index (χ1n) is 9.51. The van der Waals surface area contributed by atoms with Crippen molar-refractivity contribution in [1.29, 1.82) is 0 Å². The third-order valence-corrected chi connectivity index (χ3v) is 5.21. The predicted octanol–water partition coefficient (Wildman–Crippen LogP) is 3.37. The third kappa shape index (κ3) is 3.44. The van der Waals surface area contributed by atoms with E-state index in [-0.39, 0.29) is 52.7 Å². The summed E-state index contributed by atoms with van der Waals surface area (Å²) in [5.74, 6) is -2.67. The summed E-state index contributed by atoms with van der Waals surface area (Å²) in [6.45, 7) is 12.5. The minimum atomic E-state index is -1.68. The van der Waals surface area contributed by atoms with Gasteiger partial charge < -0.3 is 15.3 Å². The number of ketones is 3. The van der Waals surface area contributed by atoms with E-state index in [1.54, 1.807) is 0 Å². The van der Waals surface area contributed by atoms with E-state index in [1.807, 2.05) is 0 Å². The van der Waals surface area contributed by atoms with Crippen LogP contribution in [0.5, 0.6) is 11.5 Å². The number of Topliss-reactive ketones (excluding diaryl/α,β-unsaturated/α-hetero) is 3. The zero-order chi connectivity index (χ0) is 22.1. The summed E-state index contributed by atoms with van der Waals surface area (Å²) in [4.78, 5) is 37.3. The van der Waals surface area contributed by atoms with Crippen LogP contribution in [0.3, 0.4) is 0 Å². The van der Waals surface area contributed by atoms with E-state index in [0.29, 0.717) is 0 Å². The van der Waals surface area contributed by atoms with Gasteiger partial charge >= 0.3 is 0 Å². The number of rotatable bonds is 3. The van der Waals surface area contributed by atoms with Crippen LogP contribution in [0.2, 0.25) is 0 Å². The molecule has 0 bridgehead atoms. The van der Waals surface area contributed by atoms with Crippen LogP contribution in [0.4, 0.5) is 0 Å². The second kappa shape index (κ2) is 8.17. The van der Waals surface area contributed by atoms with Gasteiger partial charge in [-0.2, -0.15) is 0 Å². The fourth-order valence-electron chi connectivity index (χ4n) is 3.66. The van der Waals surface area contributed by atoms with Crippen molar-refractivity contribution < 1.29 is 29.7 Å². The molecular formula is C23H26O6. The van der Waals surface area contributed by atoms with E-state index < -0.39 is 34.4 Å². The molecular weight excluding hydrogens is 372 g/mol. The molecule has 0 aromatic heterocycles. The van der Waals surface area contributed by atoms with Crippen LogP contribution in [-0.4, -0.2) is 38.3 Å². The number of allylic oxidation sites excluding steroid dienone is 4. The Hall–Kier alpha value is -2.99. The van der Waals surface area contributed by atoms with Gasteiger partial charge in [-0.05, 0) is 19.8 Å². The molecule has 154 valence electrons. The number of hydrogen-bond donors (Lipinski definition) is 3. The first-order chi connectivity index (χ1) is 13.6. The molecule has 1 aromatic carbocycles. The Balaban J connectivity index is 0.000000941. The Labute approximate surface area is 169 Å². The van der Waals surface area contributed by atoms with Gasteiger partial charge in [-0.15, -0.1) is 0 Å². The van der Waals surface area contributed by atoms with Crippen molar-refractivity contribution in [2.75, 3.05) is 0 Å². The van der Waals surface area contributed by atoms with Crippen molar-refractivity contribution in [3.8, 4) is 11.5 Å². The Kier molecular flexibility index (Phi) is 6.28. The summed E-state index contributed by atoms with van der Waals surface area (Å²) in [5, 5.41) is 31.8. The number of carbonyl (C=O) groups excluding carboxylic acids is 3. The molecule has 0 saturated heterocycles. The molecule has 6 nitrogen and oxygen atoms in total. The maximum absolute atomic E-state index is 12.8. The van der Waals surface area contributed by atoms with Crippen molar-refractivity contribution in [1.82, 2.24) is 0 Å². The zero-order valence-electron chi connectivity index (χ0n) is 17.0. The molecule has 29 heavy (non-hydrogen) atoms. The topological polar surface area (TPSA) is 112 Å². The van der Waals surface area contributed by atoms with Gasteiger partial charge in [0.1, 0.15) is 17.1 Å². The minimum Gasteiger partial charge on any atom is -0.507 e. The highest BCUT2D eigenvalue weighted by atomic mass is 16.3. The van der Waals surface area contributed by atoms with E-state index in [1.165, 1.54) is 25.5 Å². The van der Waals surface area contributed by atoms with Crippen molar-refractivity contribution in [2.45, 2.75) is 52.1 Å².